The molecule has 0 spiro atoms. The first kappa shape index (κ1) is 34.8. The number of nitrogens with one attached hydrogen (secondary N) is 2. The Morgan fingerprint density at radius 3 is 2.30 bits per heavy atom. The summed E-state index contributed by atoms with van der Waals surface area (Å²) in [6.07, 6.45) is 4.40. The van der Waals surface area contributed by atoms with Crippen molar-refractivity contribution in [3.8, 4) is 16.9 Å². The maximum atomic E-state index is 16.1. The Morgan fingerprint density at radius 2 is 1.61 bits per heavy atom. The van der Waals surface area contributed by atoms with Gasteiger partial charge >= 0.3 is 12.1 Å². The second-order valence-corrected chi connectivity index (χ2v) is 14.2. The smallest absolute Gasteiger partial charge is 0.408 e. The SMILES string of the molecule is CC(NC(=O)OC(C)(C)C)c1cccc(-c2cc(COc3ccccc3CC(=O)OC(C)(C)C)cc(NCC3CCCC3)c2)c1F. The lowest BCUT2D eigenvalue weighted by molar-refractivity contribution is -0.153. The molecule has 0 aromatic heterocycles. The van der Waals surface area contributed by atoms with E-state index >= 15 is 4.39 Å². The number of para-hydroxylation sites is 1. The molecule has 1 aliphatic rings. The zero-order valence-electron chi connectivity index (χ0n) is 28.3. The molecule has 7 nitrogen and oxygen atoms in total. The molecule has 3 aromatic carbocycles. The predicted molar refractivity (Wildman–Crippen MR) is 180 cm³/mol. The van der Waals surface area contributed by atoms with Gasteiger partial charge in [-0.15, -0.1) is 0 Å². The van der Waals surface area contributed by atoms with E-state index in [1.54, 1.807) is 45.9 Å². The Balaban J connectivity index is 1.59. The summed E-state index contributed by atoms with van der Waals surface area (Å²) in [5.74, 6) is 0.473. The summed E-state index contributed by atoms with van der Waals surface area (Å²) < 4.78 is 33.3. The third-order valence-corrected chi connectivity index (χ3v) is 7.72. The van der Waals surface area contributed by atoms with Crippen LogP contribution < -0.4 is 15.4 Å². The number of rotatable bonds is 11. The average molecular weight is 633 g/mol. The van der Waals surface area contributed by atoms with Crippen molar-refractivity contribution < 1.29 is 28.2 Å². The van der Waals surface area contributed by atoms with Crippen molar-refractivity contribution >= 4 is 17.7 Å². The molecule has 4 rings (SSSR count). The van der Waals surface area contributed by atoms with Crippen LogP contribution in [0.1, 0.15) is 96.9 Å². The predicted octanol–water partition coefficient (Wildman–Crippen LogP) is 9.14. The molecule has 8 heteroatoms. The molecule has 1 fully saturated rings. The van der Waals surface area contributed by atoms with Crippen molar-refractivity contribution in [3.05, 3.63) is 83.2 Å². The van der Waals surface area contributed by atoms with Crippen molar-refractivity contribution in [2.75, 3.05) is 11.9 Å². The number of halogens is 1. The fraction of sp³-hybridized carbons (Fsp3) is 0.474. The Morgan fingerprint density at radius 1 is 0.913 bits per heavy atom. The van der Waals surface area contributed by atoms with Gasteiger partial charge in [0, 0.05) is 28.9 Å². The Bertz CT molecular complexity index is 1500. The molecule has 2 N–H and O–H groups in total. The van der Waals surface area contributed by atoms with Gasteiger partial charge in [0.2, 0.25) is 0 Å². The second-order valence-electron chi connectivity index (χ2n) is 14.2. The van der Waals surface area contributed by atoms with Crippen molar-refractivity contribution in [3.63, 3.8) is 0 Å². The van der Waals surface area contributed by atoms with Gasteiger partial charge in [-0.3, -0.25) is 4.79 Å². The number of alkyl carbamates (subject to hydrolysis) is 1. The summed E-state index contributed by atoms with van der Waals surface area (Å²) in [6.45, 7) is 13.7. The number of benzene rings is 3. The van der Waals surface area contributed by atoms with Crippen LogP contribution in [0.25, 0.3) is 11.1 Å². The fourth-order valence-electron chi connectivity index (χ4n) is 5.66. The first-order chi connectivity index (χ1) is 21.7. The van der Waals surface area contributed by atoms with Gasteiger partial charge in [-0.05, 0) is 103 Å². The molecule has 1 saturated carbocycles. The van der Waals surface area contributed by atoms with Crippen LogP contribution in [0.15, 0.2) is 60.7 Å². The Hall–Kier alpha value is -4.07. The van der Waals surface area contributed by atoms with Crippen molar-refractivity contribution in [2.24, 2.45) is 5.92 Å². The normalized spacial score (nSPS) is 14.4. The van der Waals surface area contributed by atoms with E-state index in [1.807, 2.05) is 63.2 Å². The molecule has 3 aromatic rings. The molecule has 0 aliphatic heterocycles. The highest BCUT2D eigenvalue weighted by Crippen LogP contribution is 2.33. The third kappa shape index (κ3) is 10.5. The minimum absolute atomic E-state index is 0.0925. The van der Waals surface area contributed by atoms with E-state index in [0.717, 1.165) is 23.4 Å². The monoisotopic (exact) mass is 632 g/mol. The highest BCUT2D eigenvalue weighted by Gasteiger charge is 2.22. The molecule has 1 amide bonds. The van der Waals surface area contributed by atoms with Gasteiger partial charge in [-0.25, -0.2) is 9.18 Å². The van der Waals surface area contributed by atoms with Gasteiger partial charge in [-0.1, -0.05) is 49.2 Å². The van der Waals surface area contributed by atoms with Gasteiger partial charge in [0.25, 0.3) is 0 Å². The van der Waals surface area contributed by atoms with Gasteiger partial charge in [0.05, 0.1) is 12.5 Å². The van der Waals surface area contributed by atoms with Crippen molar-refractivity contribution in [2.45, 2.75) is 104 Å². The standard InChI is InChI=1S/C38H49FN2O5/c1-25(41-36(43)46-38(5,6)7)31-16-12-17-32(35(31)39)29-19-27(20-30(21-29)40-23-26-13-8-9-14-26)24-44-33-18-11-10-15-28(33)22-34(42)45-37(2,3)4/h10-12,15-21,25-26,40H,8-9,13-14,22-24H2,1-7H3,(H,41,43). The first-order valence-electron chi connectivity index (χ1n) is 16.3. The van der Waals surface area contributed by atoms with Crippen molar-refractivity contribution in [1.29, 1.82) is 0 Å². The number of hydrogen-bond acceptors (Lipinski definition) is 6. The highest BCUT2D eigenvalue weighted by atomic mass is 19.1. The first-order valence-corrected chi connectivity index (χ1v) is 16.3. The second kappa shape index (κ2) is 15.0. The zero-order chi connectivity index (χ0) is 33.5. The molecular weight excluding hydrogens is 583 g/mol. The number of esters is 1. The molecule has 0 heterocycles. The average Bonchev–Trinajstić information content (AvgIpc) is 3.47. The molecule has 1 atom stereocenters. The summed E-state index contributed by atoms with van der Waals surface area (Å²) in [6, 6.07) is 18.0. The van der Waals surface area contributed by atoms with E-state index in [9.17, 15) is 9.59 Å². The maximum Gasteiger partial charge on any atom is 0.408 e. The summed E-state index contributed by atoms with van der Waals surface area (Å²) >= 11 is 0. The van der Waals surface area contributed by atoms with Crippen LogP contribution in [0.2, 0.25) is 0 Å². The highest BCUT2D eigenvalue weighted by molar-refractivity contribution is 5.74. The van der Waals surface area contributed by atoms with Gasteiger partial charge in [0.15, 0.2) is 0 Å². The van der Waals surface area contributed by atoms with Crippen LogP contribution in [0.5, 0.6) is 5.75 Å². The number of hydrogen-bond donors (Lipinski definition) is 2. The fourth-order valence-corrected chi connectivity index (χ4v) is 5.66. The van der Waals surface area contributed by atoms with Crippen LogP contribution in [0.3, 0.4) is 0 Å². The van der Waals surface area contributed by atoms with Crippen LogP contribution in [-0.4, -0.2) is 29.8 Å². The van der Waals surface area contributed by atoms with E-state index < -0.39 is 29.2 Å². The Kier molecular flexibility index (Phi) is 11.4. The third-order valence-electron chi connectivity index (χ3n) is 7.72. The van der Waals surface area contributed by atoms with Gasteiger partial charge in [0.1, 0.15) is 29.4 Å². The van der Waals surface area contributed by atoms with Gasteiger partial charge < -0.3 is 24.8 Å². The van der Waals surface area contributed by atoms with E-state index in [0.29, 0.717) is 28.4 Å². The Labute approximate surface area is 273 Å². The van der Waals surface area contributed by atoms with Crippen LogP contribution in [0.4, 0.5) is 14.9 Å². The number of amides is 1. The van der Waals surface area contributed by atoms with E-state index in [2.05, 4.69) is 10.6 Å². The van der Waals surface area contributed by atoms with Crippen LogP contribution in [0, 0.1) is 11.7 Å². The summed E-state index contributed by atoms with van der Waals surface area (Å²) in [4.78, 5) is 25.0. The van der Waals surface area contributed by atoms with Gasteiger partial charge in [-0.2, -0.15) is 0 Å². The molecule has 0 radical (unpaired) electrons. The number of anilines is 1. The number of ether oxygens (including phenoxy) is 3. The maximum absolute atomic E-state index is 16.1. The lowest BCUT2D eigenvalue weighted by atomic mass is 9.97. The molecule has 0 saturated heterocycles. The lowest BCUT2D eigenvalue weighted by Crippen LogP contribution is -2.34. The largest absolute Gasteiger partial charge is 0.489 e. The molecule has 1 unspecified atom stereocenters. The minimum Gasteiger partial charge on any atom is -0.489 e. The molecular formula is C38H49FN2O5. The number of carbonyl (C=O) groups excluding carboxylic acids is 2. The molecule has 248 valence electrons. The molecule has 1 aliphatic carbocycles. The van der Waals surface area contributed by atoms with E-state index in [4.69, 9.17) is 14.2 Å². The summed E-state index contributed by atoms with van der Waals surface area (Å²) in [5.41, 5.74) is 2.71. The molecule has 0 bridgehead atoms. The molecule has 46 heavy (non-hydrogen) atoms. The van der Waals surface area contributed by atoms with E-state index in [-0.39, 0.29) is 19.0 Å². The lowest BCUT2D eigenvalue weighted by Gasteiger charge is -2.23. The van der Waals surface area contributed by atoms with Crippen molar-refractivity contribution in [1.82, 2.24) is 5.32 Å². The minimum atomic E-state index is -0.662. The zero-order valence-corrected chi connectivity index (χ0v) is 28.3. The topological polar surface area (TPSA) is 85.9 Å². The van der Waals surface area contributed by atoms with E-state index in [1.165, 1.54) is 25.7 Å². The quantitative estimate of drug-likeness (QED) is 0.205. The van der Waals surface area contributed by atoms with Crippen LogP contribution in [-0.2, 0) is 27.3 Å². The number of carbonyl (C=O) groups is 2. The summed E-state index contributed by atoms with van der Waals surface area (Å²) in [5, 5.41) is 6.34. The summed E-state index contributed by atoms with van der Waals surface area (Å²) in [7, 11) is 0. The van der Waals surface area contributed by atoms with Crippen LogP contribution >= 0.6 is 0 Å².